The molecule has 0 saturated carbocycles. The van der Waals surface area contributed by atoms with Gasteiger partial charge in [-0.05, 0) is 24.3 Å². The van der Waals surface area contributed by atoms with E-state index in [1.807, 2.05) is 0 Å². The topological polar surface area (TPSA) is 0 Å². The highest BCUT2D eigenvalue weighted by molar-refractivity contribution is 6.54. The van der Waals surface area contributed by atoms with Crippen LogP contribution in [0.5, 0.6) is 0 Å². The molecule has 1 aliphatic rings. The van der Waals surface area contributed by atoms with Gasteiger partial charge in [0.1, 0.15) is 0 Å². The molecular weight excluding hydrogens is 214 g/mol. The summed E-state index contributed by atoms with van der Waals surface area (Å²) in [6, 6.07) is 0. The third kappa shape index (κ3) is 2.35. The minimum atomic E-state index is -1.08. The molecule has 0 heterocycles. The highest BCUT2D eigenvalue weighted by atomic mass is 35.5. The Hall–Kier alpha value is 0.640. The first-order chi connectivity index (χ1) is 4.41. The van der Waals surface area contributed by atoms with Gasteiger partial charge in [-0.2, -0.15) is 0 Å². The number of hydrogen-bond acceptors (Lipinski definition) is 0. The number of rotatable bonds is 0. The summed E-state index contributed by atoms with van der Waals surface area (Å²) in [5, 5.41) is 0. The average Bonchev–Trinajstić information content (AvgIpc) is 1.79. The van der Waals surface area contributed by atoms with E-state index >= 15 is 0 Å². The highest BCUT2D eigenvalue weighted by Crippen LogP contribution is 2.35. The smallest absolute Gasteiger partial charge is 0.0922 e. The van der Waals surface area contributed by atoms with Crippen molar-refractivity contribution in [1.82, 2.24) is 0 Å². The summed E-state index contributed by atoms with van der Waals surface area (Å²) >= 11 is 22.5. The molecule has 1 radical (unpaired) electrons. The summed E-state index contributed by atoms with van der Waals surface area (Å²) in [4.78, 5) is 0. The maximum Gasteiger partial charge on any atom is 0.161 e. The predicted molar refractivity (Wildman–Crippen MR) is 45.8 cm³/mol. The molecule has 0 aromatic rings. The lowest BCUT2D eigenvalue weighted by atomic mass is 10.2. The van der Waals surface area contributed by atoms with Crippen LogP contribution in [0.2, 0.25) is 0 Å². The predicted octanol–water partition coefficient (Wildman–Crippen LogP) is 3.26. The van der Waals surface area contributed by atoms with Crippen LogP contribution in [0.25, 0.3) is 0 Å². The molecule has 1 aliphatic carbocycles. The maximum absolute atomic E-state index is 5.64. The largest absolute Gasteiger partial charge is 0.161 e. The van der Waals surface area contributed by atoms with Crippen molar-refractivity contribution in [3.05, 3.63) is 24.3 Å². The van der Waals surface area contributed by atoms with Crippen LogP contribution >= 0.6 is 46.4 Å². The molecule has 0 saturated heterocycles. The van der Waals surface area contributed by atoms with Crippen LogP contribution in [0.15, 0.2) is 18.2 Å². The second-order valence-electron chi connectivity index (χ2n) is 1.92. The zero-order valence-electron chi connectivity index (χ0n) is 4.74. The molecule has 1 rings (SSSR count). The molecule has 0 spiro atoms. The Kier molecular flexibility index (Phi) is 2.27. The van der Waals surface area contributed by atoms with E-state index in [9.17, 15) is 0 Å². The molecule has 0 nitrogen and oxygen atoms in total. The summed E-state index contributed by atoms with van der Waals surface area (Å²) in [7, 11) is 0. The third-order valence-corrected chi connectivity index (χ3v) is 1.91. The second-order valence-corrected chi connectivity index (χ2v) is 4.75. The molecule has 0 amide bonds. The van der Waals surface area contributed by atoms with E-state index in [0.29, 0.717) is 0 Å². The van der Waals surface area contributed by atoms with Gasteiger partial charge in [-0.25, -0.2) is 0 Å². The van der Waals surface area contributed by atoms with Gasteiger partial charge in [0.2, 0.25) is 0 Å². The van der Waals surface area contributed by atoms with E-state index < -0.39 is 8.67 Å². The summed E-state index contributed by atoms with van der Waals surface area (Å²) in [5.74, 6) is 0. The summed E-state index contributed by atoms with van der Waals surface area (Å²) in [6.45, 7) is 0. The van der Waals surface area contributed by atoms with E-state index in [1.54, 1.807) is 0 Å². The van der Waals surface area contributed by atoms with Crippen molar-refractivity contribution >= 4 is 46.4 Å². The van der Waals surface area contributed by atoms with Crippen molar-refractivity contribution in [2.45, 2.75) is 8.67 Å². The molecule has 0 atom stereocenters. The lowest BCUT2D eigenvalue weighted by molar-refractivity contribution is 1.09. The minimum absolute atomic E-state index is 1.01. The van der Waals surface area contributed by atoms with Gasteiger partial charge in [0.05, 0.1) is 0 Å². The van der Waals surface area contributed by atoms with Crippen LogP contribution in [0, 0.1) is 6.08 Å². The fraction of sp³-hybridized carbons (Fsp3) is 0.333. The molecule has 0 aliphatic heterocycles. The Labute approximate surface area is 79.4 Å². The Bertz CT molecular complexity index is 152. The van der Waals surface area contributed by atoms with Crippen LogP contribution < -0.4 is 0 Å². The Morgan fingerprint density at radius 2 is 1.60 bits per heavy atom. The first-order valence-electron chi connectivity index (χ1n) is 2.49. The number of alkyl halides is 4. The first kappa shape index (κ1) is 8.73. The zero-order valence-corrected chi connectivity index (χ0v) is 7.77. The molecule has 10 heavy (non-hydrogen) atoms. The average molecular weight is 217 g/mol. The molecule has 0 fully saturated rings. The van der Waals surface area contributed by atoms with Crippen LogP contribution in [0.4, 0.5) is 0 Å². The van der Waals surface area contributed by atoms with Crippen molar-refractivity contribution in [2.24, 2.45) is 0 Å². The van der Waals surface area contributed by atoms with Crippen LogP contribution in [0.3, 0.4) is 0 Å². The number of allylic oxidation sites excluding steroid dienone is 4. The van der Waals surface area contributed by atoms with Gasteiger partial charge < -0.3 is 0 Å². The lowest BCUT2D eigenvalue weighted by Crippen LogP contribution is -2.16. The van der Waals surface area contributed by atoms with Gasteiger partial charge >= 0.3 is 0 Å². The minimum Gasteiger partial charge on any atom is -0.0922 e. The van der Waals surface area contributed by atoms with Gasteiger partial charge in [-0.1, -0.05) is 46.4 Å². The van der Waals surface area contributed by atoms with E-state index in [2.05, 4.69) is 6.08 Å². The van der Waals surface area contributed by atoms with Gasteiger partial charge in [0.25, 0.3) is 0 Å². The highest BCUT2D eigenvalue weighted by Gasteiger charge is 2.27. The van der Waals surface area contributed by atoms with Gasteiger partial charge in [0, 0.05) is 0 Å². The SMILES string of the molecule is ClC1(Cl)[C]=CC(Cl)(Cl)C=C1. The van der Waals surface area contributed by atoms with Crippen LogP contribution in [-0.4, -0.2) is 8.67 Å². The third-order valence-electron chi connectivity index (χ3n) is 0.972. The van der Waals surface area contributed by atoms with Crippen molar-refractivity contribution in [3.8, 4) is 0 Å². The van der Waals surface area contributed by atoms with Crippen molar-refractivity contribution in [2.75, 3.05) is 0 Å². The molecule has 4 heteroatoms. The van der Waals surface area contributed by atoms with Crippen molar-refractivity contribution in [1.29, 1.82) is 0 Å². The molecule has 0 unspecified atom stereocenters. The number of hydrogen-bond donors (Lipinski definition) is 0. The molecule has 0 aromatic carbocycles. The van der Waals surface area contributed by atoms with E-state index in [4.69, 9.17) is 46.4 Å². The normalized spacial score (nSPS) is 26.8. The van der Waals surface area contributed by atoms with Gasteiger partial charge in [-0.3, -0.25) is 0 Å². The Morgan fingerprint density at radius 3 is 1.90 bits per heavy atom. The molecule has 0 aromatic heterocycles. The summed E-state index contributed by atoms with van der Waals surface area (Å²) < 4.78 is -2.08. The Morgan fingerprint density at radius 1 is 1.00 bits per heavy atom. The van der Waals surface area contributed by atoms with Crippen molar-refractivity contribution < 1.29 is 0 Å². The maximum atomic E-state index is 5.64. The summed E-state index contributed by atoms with van der Waals surface area (Å²) in [6.07, 6.45) is 7.01. The van der Waals surface area contributed by atoms with Gasteiger partial charge in [-0.15, -0.1) is 0 Å². The molecule has 0 N–H and O–H groups in total. The quantitative estimate of drug-likeness (QED) is 0.431. The summed E-state index contributed by atoms with van der Waals surface area (Å²) in [5.41, 5.74) is 0. The molecule has 0 bridgehead atoms. The van der Waals surface area contributed by atoms with E-state index in [-0.39, 0.29) is 0 Å². The molecule has 55 valence electrons. The van der Waals surface area contributed by atoms with Gasteiger partial charge in [0.15, 0.2) is 8.67 Å². The van der Waals surface area contributed by atoms with Crippen molar-refractivity contribution in [3.63, 3.8) is 0 Å². The fourth-order valence-electron chi connectivity index (χ4n) is 0.504. The van der Waals surface area contributed by atoms with E-state index in [1.165, 1.54) is 18.2 Å². The monoisotopic (exact) mass is 215 g/mol. The first-order valence-corrected chi connectivity index (χ1v) is 4.01. The number of halogens is 4. The van der Waals surface area contributed by atoms with Crippen LogP contribution in [-0.2, 0) is 0 Å². The van der Waals surface area contributed by atoms with E-state index in [0.717, 1.165) is 0 Å². The standard InChI is InChI=1S/C6H3Cl4/c7-5(8)1-2-6(9,10)4-3-5/h1-3H. The van der Waals surface area contributed by atoms with Crippen LogP contribution in [0.1, 0.15) is 0 Å². The molecular formula is C6H3Cl4. The fourth-order valence-corrected chi connectivity index (χ4v) is 0.975. The zero-order chi connectivity index (χ0) is 7.83. The Balaban J connectivity index is 2.81. The second kappa shape index (κ2) is 2.60. The lowest BCUT2D eigenvalue weighted by Gasteiger charge is -2.18.